The van der Waals surface area contributed by atoms with Gasteiger partial charge in [0.1, 0.15) is 11.5 Å². The average Bonchev–Trinajstić information content (AvgIpc) is 2.55. The van der Waals surface area contributed by atoms with Crippen LogP contribution in [-0.4, -0.2) is 20.0 Å². The minimum Gasteiger partial charge on any atom is -0.497 e. The van der Waals surface area contributed by atoms with Gasteiger partial charge < -0.3 is 9.47 Å². The van der Waals surface area contributed by atoms with E-state index in [1.54, 1.807) is 32.4 Å². The van der Waals surface area contributed by atoms with Crippen LogP contribution < -0.4 is 9.47 Å². The molecule has 0 saturated carbocycles. The van der Waals surface area contributed by atoms with Crippen molar-refractivity contribution in [3.63, 3.8) is 0 Å². The van der Waals surface area contributed by atoms with Crippen LogP contribution in [0.2, 0.25) is 0 Å². The van der Waals surface area contributed by atoms with Crippen LogP contribution in [0.5, 0.6) is 11.5 Å². The molecule has 0 aliphatic carbocycles. The number of benzene rings is 2. The van der Waals surface area contributed by atoms with Crippen LogP contribution in [0.4, 0.5) is 0 Å². The highest BCUT2D eigenvalue weighted by Crippen LogP contribution is 2.23. The fraction of sp³-hybridized carbons (Fsp3) is 0.278. The number of hydrogen-bond donors (Lipinski definition) is 0. The number of carbonyl (C=O) groups is 1. The SMILES string of the molecule is COc1cc(OC)cc(C(=O)CCCc2ccccc2)c1. The van der Waals surface area contributed by atoms with Gasteiger partial charge in [-0.25, -0.2) is 0 Å². The Labute approximate surface area is 125 Å². The number of rotatable bonds is 7. The molecule has 0 saturated heterocycles. The first-order valence-electron chi connectivity index (χ1n) is 7.03. The summed E-state index contributed by atoms with van der Waals surface area (Å²) < 4.78 is 10.4. The summed E-state index contributed by atoms with van der Waals surface area (Å²) in [5.41, 5.74) is 1.90. The number of ketones is 1. The van der Waals surface area contributed by atoms with Gasteiger partial charge in [0, 0.05) is 18.1 Å². The third kappa shape index (κ3) is 4.35. The molecule has 0 spiro atoms. The van der Waals surface area contributed by atoms with Crippen LogP contribution in [0.1, 0.15) is 28.8 Å². The summed E-state index contributed by atoms with van der Waals surface area (Å²) in [6.07, 6.45) is 2.27. The molecule has 0 fully saturated rings. The van der Waals surface area contributed by atoms with Gasteiger partial charge in [-0.1, -0.05) is 30.3 Å². The molecule has 0 radical (unpaired) electrons. The zero-order chi connectivity index (χ0) is 15.1. The molecular weight excluding hydrogens is 264 g/mol. The van der Waals surface area contributed by atoms with E-state index < -0.39 is 0 Å². The molecule has 0 unspecified atom stereocenters. The molecule has 3 nitrogen and oxygen atoms in total. The van der Waals surface area contributed by atoms with E-state index in [0.717, 1.165) is 12.8 Å². The lowest BCUT2D eigenvalue weighted by Crippen LogP contribution is -2.01. The van der Waals surface area contributed by atoms with Crippen LogP contribution in [-0.2, 0) is 6.42 Å². The fourth-order valence-electron chi connectivity index (χ4n) is 2.21. The maximum absolute atomic E-state index is 12.3. The third-order valence-electron chi connectivity index (χ3n) is 3.39. The molecule has 3 heteroatoms. The van der Waals surface area contributed by atoms with Gasteiger partial charge in [-0.2, -0.15) is 0 Å². The quantitative estimate of drug-likeness (QED) is 0.723. The summed E-state index contributed by atoms with van der Waals surface area (Å²) in [4.78, 5) is 12.3. The lowest BCUT2D eigenvalue weighted by molar-refractivity contribution is 0.0979. The molecule has 2 aromatic carbocycles. The normalized spacial score (nSPS) is 10.2. The summed E-state index contributed by atoms with van der Waals surface area (Å²) in [5.74, 6) is 1.39. The van der Waals surface area contributed by atoms with Crippen molar-refractivity contribution in [2.45, 2.75) is 19.3 Å². The smallest absolute Gasteiger partial charge is 0.163 e. The van der Waals surface area contributed by atoms with E-state index in [-0.39, 0.29) is 5.78 Å². The highest BCUT2D eigenvalue weighted by molar-refractivity contribution is 5.96. The van der Waals surface area contributed by atoms with E-state index >= 15 is 0 Å². The lowest BCUT2D eigenvalue weighted by atomic mass is 10.0. The van der Waals surface area contributed by atoms with Crippen molar-refractivity contribution in [2.75, 3.05) is 14.2 Å². The fourth-order valence-corrected chi connectivity index (χ4v) is 2.21. The van der Waals surface area contributed by atoms with Crippen molar-refractivity contribution in [2.24, 2.45) is 0 Å². The Morgan fingerprint density at radius 1 is 0.952 bits per heavy atom. The third-order valence-corrected chi connectivity index (χ3v) is 3.39. The van der Waals surface area contributed by atoms with E-state index in [1.807, 2.05) is 18.2 Å². The Hall–Kier alpha value is -2.29. The Bertz CT molecular complexity index is 568. The first-order valence-corrected chi connectivity index (χ1v) is 7.03. The van der Waals surface area contributed by atoms with Crippen LogP contribution in [0.3, 0.4) is 0 Å². The van der Waals surface area contributed by atoms with E-state index in [4.69, 9.17) is 9.47 Å². The van der Waals surface area contributed by atoms with Crippen molar-refractivity contribution >= 4 is 5.78 Å². The molecule has 21 heavy (non-hydrogen) atoms. The van der Waals surface area contributed by atoms with Gasteiger partial charge in [0.2, 0.25) is 0 Å². The minimum absolute atomic E-state index is 0.114. The highest BCUT2D eigenvalue weighted by Gasteiger charge is 2.09. The van der Waals surface area contributed by atoms with Crippen molar-refractivity contribution in [3.8, 4) is 11.5 Å². The van der Waals surface area contributed by atoms with E-state index in [9.17, 15) is 4.79 Å². The molecule has 0 heterocycles. The van der Waals surface area contributed by atoms with E-state index in [1.165, 1.54) is 5.56 Å². The molecule has 0 amide bonds. The van der Waals surface area contributed by atoms with E-state index in [2.05, 4.69) is 12.1 Å². The number of methoxy groups -OCH3 is 2. The van der Waals surface area contributed by atoms with Gasteiger partial charge in [-0.05, 0) is 30.5 Å². The van der Waals surface area contributed by atoms with Gasteiger partial charge in [0.25, 0.3) is 0 Å². The number of hydrogen-bond acceptors (Lipinski definition) is 3. The van der Waals surface area contributed by atoms with Crippen molar-refractivity contribution < 1.29 is 14.3 Å². The monoisotopic (exact) mass is 284 g/mol. The van der Waals surface area contributed by atoms with Crippen LogP contribution in [0, 0.1) is 0 Å². The molecular formula is C18H20O3. The second-order valence-electron chi connectivity index (χ2n) is 4.86. The van der Waals surface area contributed by atoms with Gasteiger partial charge in [0.15, 0.2) is 5.78 Å². The highest BCUT2D eigenvalue weighted by atomic mass is 16.5. The molecule has 2 rings (SSSR count). The van der Waals surface area contributed by atoms with Gasteiger partial charge in [-0.3, -0.25) is 4.79 Å². The first kappa shape index (κ1) is 15.1. The van der Waals surface area contributed by atoms with Crippen LogP contribution in [0.15, 0.2) is 48.5 Å². The Morgan fingerprint density at radius 3 is 2.14 bits per heavy atom. The summed E-state index contributed by atoms with van der Waals surface area (Å²) in [5, 5.41) is 0. The zero-order valence-corrected chi connectivity index (χ0v) is 12.5. The van der Waals surface area contributed by atoms with Crippen molar-refractivity contribution in [3.05, 3.63) is 59.7 Å². The number of ether oxygens (including phenoxy) is 2. The van der Waals surface area contributed by atoms with Crippen LogP contribution in [0.25, 0.3) is 0 Å². The van der Waals surface area contributed by atoms with Gasteiger partial charge in [-0.15, -0.1) is 0 Å². The summed E-state index contributed by atoms with van der Waals surface area (Å²) in [7, 11) is 3.16. The Kier molecular flexibility index (Phi) is 5.38. The largest absolute Gasteiger partial charge is 0.497 e. The van der Waals surface area contributed by atoms with Crippen molar-refractivity contribution in [1.29, 1.82) is 0 Å². The number of carbonyl (C=O) groups excluding carboxylic acids is 1. The molecule has 0 aliphatic rings. The molecule has 0 atom stereocenters. The predicted molar refractivity (Wildman–Crippen MR) is 83.3 cm³/mol. The van der Waals surface area contributed by atoms with Crippen molar-refractivity contribution in [1.82, 2.24) is 0 Å². The Balaban J connectivity index is 1.97. The molecule has 0 N–H and O–H groups in total. The summed E-state index contributed by atoms with van der Waals surface area (Å²) >= 11 is 0. The Morgan fingerprint density at radius 2 is 1.57 bits per heavy atom. The molecule has 0 aromatic heterocycles. The minimum atomic E-state index is 0.114. The second kappa shape index (κ2) is 7.48. The molecule has 2 aromatic rings. The molecule has 0 bridgehead atoms. The van der Waals surface area contributed by atoms with Gasteiger partial charge >= 0.3 is 0 Å². The zero-order valence-electron chi connectivity index (χ0n) is 12.5. The summed E-state index contributed by atoms with van der Waals surface area (Å²) in [6.45, 7) is 0. The number of aryl methyl sites for hydroxylation is 1. The lowest BCUT2D eigenvalue weighted by Gasteiger charge is -2.08. The predicted octanol–water partition coefficient (Wildman–Crippen LogP) is 3.91. The maximum Gasteiger partial charge on any atom is 0.163 e. The maximum atomic E-state index is 12.3. The van der Waals surface area contributed by atoms with Gasteiger partial charge in [0.05, 0.1) is 14.2 Å². The topological polar surface area (TPSA) is 35.5 Å². The molecule has 0 aliphatic heterocycles. The standard InChI is InChI=1S/C18H20O3/c1-20-16-11-15(12-17(13-16)21-2)18(19)10-6-9-14-7-4-3-5-8-14/h3-5,7-8,11-13H,6,9-10H2,1-2H3. The second-order valence-corrected chi connectivity index (χ2v) is 4.86. The molecule has 110 valence electrons. The number of Topliss-reactive ketones (excluding diaryl/α,β-unsaturated/α-hetero) is 1. The first-order chi connectivity index (χ1) is 10.2. The average molecular weight is 284 g/mol. The summed E-state index contributed by atoms with van der Waals surface area (Å²) in [6, 6.07) is 15.5. The van der Waals surface area contributed by atoms with E-state index in [0.29, 0.717) is 23.5 Å². The van der Waals surface area contributed by atoms with Crippen LogP contribution >= 0.6 is 0 Å².